The molecule has 4 aliphatic carbocycles. The number of ether oxygens (including phenoxy) is 1. The minimum absolute atomic E-state index is 0.0458. The Bertz CT molecular complexity index is 747. The standard InChI is InChI=1S/C22H30O4/c1-13-7-9-22-12-20(22,2)8-5-6-17(22)21(13,3)11-14-18(24)15(23)10-16(26-4)19(14)25/h10,13,17,24H,5-9,11-12H2,1-4H3/t13-,17?,20-,21-,22-/m1/s1. The van der Waals surface area contributed by atoms with Crippen molar-refractivity contribution in [2.45, 2.75) is 65.7 Å². The van der Waals surface area contributed by atoms with E-state index in [0.717, 1.165) is 12.5 Å². The molecule has 1 unspecified atom stereocenters. The van der Waals surface area contributed by atoms with E-state index in [-0.39, 0.29) is 28.3 Å². The van der Waals surface area contributed by atoms with Gasteiger partial charge in [-0.15, -0.1) is 0 Å². The molecule has 4 rings (SSSR count). The fourth-order valence-electron chi connectivity index (χ4n) is 6.83. The van der Waals surface area contributed by atoms with E-state index in [1.807, 2.05) is 0 Å². The molecule has 0 aromatic heterocycles. The summed E-state index contributed by atoms with van der Waals surface area (Å²) >= 11 is 0. The number of hydrogen-bond acceptors (Lipinski definition) is 4. The first-order chi connectivity index (χ1) is 12.2. The second-order valence-electron chi connectivity index (χ2n) is 9.69. The highest BCUT2D eigenvalue weighted by molar-refractivity contribution is 6.20. The third kappa shape index (κ3) is 2.13. The third-order valence-corrected chi connectivity index (χ3v) is 8.67. The molecular formula is C22H30O4. The van der Waals surface area contributed by atoms with Gasteiger partial charge >= 0.3 is 0 Å². The molecule has 1 spiro atoms. The molecule has 0 aromatic carbocycles. The van der Waals surface area contributed by atoms with Gasteiger partial charge in [-0.25, -0.2) is 0 Å². The maximum atomic E-state index is 12.8. The minimum atomic E-state index is -0.516. The van der Waals surface area contributed by atoms with Crippen molar-refractivity contribution in [2.75, 3.05) is 7.11 Å². The largest absolute Gasteiger partial charge is 0.504 e. The molecule has 0 aromatic rings. The van der Waals surface area contributed by atoms with Crippen LogP contribution in [-0.2, 0) is 14.3 Å². The van der Waals surface area contributed by atoms with E-state index in [9.17, 15) is 14.7 Å². The van der Waals surface area contributed by atoms with E-state index >= 15 is 0 Å². The van der Waals surface area contributed by atoms with Crippen molar-refractivity contribution in [1.29, 1.82) is 0 Å². The predicted octanol–water partition coefficient (Wildman–Crippen LogP) is 4.50. The average molecular weight is 358 g/mol. The number of hydrogen-bond donors (Lipinski definition) is 1. The van der Waals surface area contributed by atoms with Gasteiger partial charge in [-0.3, -0.25) is 9.59 Å². The third-order valence-electron chi connectivity index (χ3n) is 8.67. The van der Waals surface area contributed by atoms with Gasteiger partial charge in [0.25, 0.3) is 0 Å². The Balaban J connectivity index is 1.71. The summed E-state index contributed by atoms with van der Waals surface area (Å²) in [6, 6.07) is 0. The number of aliphatic hydroxyl groups excluding tert-OH is 1. The van der Waals surface area contributed by atoms with Crippen LogP contribution in [-0.4, -0.2) is 23.8 Å². The van der Waals surface area contributed by atoms with E-state index in [2.05, 4.69) is 20.8 Å². The van der Waals surface area contributed by atoms with E-state index in [1.54, 1.807) is 0 Å². The first-order valence-electron chi connectivity index (χ1n) is 9.95. The summed E-state index contributed by atoms with van der Waals surface area (Å²) < 4.78 is 5.10. The molecule has 4 nitrogen and oxygen atoms in total. The van der Waals surface area contributed by atoms with E-state index < -0.39 is 5.78 Å². The van der Waals surface area contributed by atoms with Gasteiger partial charge in [0.15, 0.2) is 11.5 Å². The van der Waals surface area contributed by atoms with Crippen LogP contribution < -0.4 is 0 Å². The van der Waals surface area contributed by atoms with E-state index in [0.29, 0.717) is 29.1 Å². The normalized spacial score (nSPS) is 45.0. The number of rotatable bonds is 3. The number of carbonyl (C=O) groups excluding carboxylic acids is 2. The number of carbonyl (C=O) groups is 2. The summed E-state index contributed by atoms with van der Waals surface area (Å²) in [4.78, 5) is 24.9. The van der Waals surface area contributed by atoms with Crippen molar-refractivity contribution >= 4 is 11.6 Å². The number of allylic oxidation sites excluding steroid dienone is 2. The molecule has 3 saturated carbocycles. The highest BCUT2D eigenvalue weighted by Gasteiger charge is 2.72. The minimum Gasteiger partial charge on any atom is -0.504 e. The maximum Gasteiger partial charge on any atom is 0.227 e. The first kappa shape index (κ1) is 17.8. The van der Waals surface area contributed by atoms with Gasteiger partial charge in [-0.2, -0.15) is 0 Å². The zero-order valence-corrected chi connectivity index (χ0v) is 16.4. The smallest absolute Gasteiger partial charge is 0.227 e. The van der Waals surface area contributed by atoms with Gasteiger partial charge in [-0.05, 0) is 66.6 Å². The zero-order valence-electron chi connectivity index (χ0n) is 16.4. The predicted molar refractivity (Wildman–Crippen MR) is 98.4 cm³/mol. The summed E-state index contributed by atoms with van der Waals surface area (Å²) in [7, 11) is 1.40. The molecule has 3 fully saturated rings. The summed E-state index contributed by atoms with van der Waals surface area (Å²) in [5, 5.41) is 10.4. The Hall–Kier alpha value is -1.58. The van der Waals surface area contributed by atoms with Gasteiger partial charge in [0, 0.05) is 11.6 Å². The summed E-state index contributed by atoms with van der Waals surface area (Å²) in [5.74, 6) is -0.161. The van der Waals surface area contributed by atoms with Crippen molar-refractivity contribution < 1.29 is 19.4 Å². The van der Waals surface area contributed by atoms with Crippen LogP contribution in [0.1, 0.15) is 65.7 Å². The average Bonchev–Trinajstić information content (AvgIpc) is 3.24. The molecular weight excluding hydrogens is 328 g/mol. The molecule has 4 aliphatic rings. The molecule has 26 heavy (non-hydrogen) atoms. The van der Waals surface area contributed by atoms with Crippen molar-refractivity contribution in [3.8, 4) is 0 Å². The Morgan fingerprint density at radius 1 is 1.23 bits per heavy atom. The van der Waals surface area contributed by atoms with Gasteiger partial charge in [0.05, 0.1) is 7.11 Å². The lowest BCUT2D eigenvalue weighted by Gasteiger charge is -2.55. The van der Waals surface area contributed by atoms with Crippen LogP contribution in [0.3, 0.4) is 0 Å². The van der Waals surface area contributed by atoms with E-state index in [4.69, 9.17) is 4.74 Å². The SMILES string of the molecule is COC1=CC(=O)C(O)=C(C[C@@]2(C)C3CCC[C@]4(C)C[C@]34CC[C@H]2C)C1=O. The summed E-state index contributed by atoms with van der Waals surface area (Å²) in [5.41, 5.74) is 1.04. The molecule has 0 saturated heterocycles. The van der Waals surface area contributed by atoms with Crippen LogP contribution in [0.2, 0.25) is 0 Å². The first-order valence-corrected chi connectivity index (χ1v) is 9.95. The highest BCUT2D eigenvalue weighted by Crippen LogP contribution is 2.80. The van der Waals surface area contributed by atoms with E-state index in [1.165, 1.54) is 39.2 Å². The number of Topliss-reactive ketones (excluding diaryl/α,β-unsaturated/α-hetero) is 1. The molecule has 0 amide bonds. The molecule has 5 atom stereocenters. The fraction of sp³-hybridized carbons (Fsp3) is 0.727. The number of methoxy groups -OCH3 is 1. The lowest BCUT2D eigenvalue weighted by atomic mass is 9.50. The lowest BCUT2D eigenvalue weighted by molar-refractivity contribution is -0.120. The van der Waals surface area contributed by atoms with Gasteiger partial charge in [0.2, 0.25) is 11.6 Å². The number of aliphatic hydroxyl groups is 1. The fourth-order valence-corrected chi connectivity index (χ4v) is 6.83. The Morgan fingerprint density at radius 3 is 2.65 bits per heavy atom. The molecule has 0 bridgehead atoms. The second kappa shape index (κ2) is 5.46. The van der Waals surface area contributed by atoms with Gasteiger partial charge < -0.3 is 9.84 Å². The van der Waals surface area contributed by atoms with Crippen LogP contribution in [0.25, 0.3) is 0 Å². The van der Waals surface area contributed by atoms with Gasteiger partial charge in [0.1, 0.15) is 0 Å². The topological polar surface area (TPSA) is 63.6 Å². The summed E-state index contributed by atoms with van der Waals surface area (Å²) in [6.07, 6.45) is 9.06. The van der Waals surface area contributed by atoms with Crippen molar-refractivity contribution in [3.63, 3.8) is 0 Å². The molecule has 142 valence electrons. The van der Waals surface area contributed by atoms with Crippen LogP contribution >= 0.6 is 0 Å². The van der Waals surface area contributed by atoms with Crippen molar-refractivity contribution in [2.24, 2.45) is 28.1 Å². The Kier molecular flexibility index (Phi) is 3.74. The molecule has 1 N–H and O–H groups in total. The number of ketones is 2. The lowest BCUT2D eigenvalue weighted by Crippen LogP contribution is -2.48. The van der Waals surface area contributed by atoms with Crippen molar-refractivity contribution in [1.82, 2.24) is 0 Å². The molecule has 4 heteroatoms. The monoisotopic (exact) mass is 358 g/mol. The maximum absolute atomic E-state index is 12.8. The molecule has 0 radical (unpaired) electrons. The van der Waals surface area contributed by atoms with Crippen LogP contribution in [0.4, 0.5) is 0 Å². The molecule has 0 heterocycles. The zero-order chi connectivity index (χ0) is 18.9. The van der Waals surface area contributed by atoms with Gasteiger partial charge in [-0.1, -0.05) is 27.2 Å². The second-order valence-corrected chi connectivity index (χ2v) is 9.69. The van der Waals surface area contributed by atoms with Crippen LogP contribution in [0.5, 0.6) is 0 Å². The van der Waals surface area contributed by atoms with Crippen molar-refractivity contribution in [3.05, 3.63) is 23.2 Å². The summed E-state index contributed by atoms with van der Waals surface area (Å²) in [6.45, 7) is 7.00. The Morgan fingerprint density at radius 2 is 1.96 bits per heavy atom. The Labute approximate surface area is 155 Å². The van der Waals surface area contributed by atoms with Crippen LogP contribution in [0, 0.1) is 28.1 Å². The highest BCUT2D eigenvalue weighted by atomic mass is 16.5. The quantitative estimate of drug-likeness (QED) is 0.754. The van der Waals surface area contributed by atoms with Crippen LogP contribution in [0.15, 0.2) is 23.2 Å². The molecule has 0 aliphatic heterocycles.